The average Bonchev–Trinajstić information content (AvgIpc) is 2.97. The van der Waals surface area contributed by atoms with Crippen LogP contribution < -0.4 is 4.74 Å². The van der Waals surface area contributed by atoms with Crippen molar-refractivity contribution >= 4 is 11.9 Å². The fraction of sp³-hybridized carbons (Fsp3) is 0.429. The number of aliphatic carboxylic acids is 2. The fourth-order valence-electron chi connectivity index (χ4n) is 2.10. The van der Waals surface area contributed by atoms with Crippen molar-refractivity contribution in [3.8, 4) is 5.75 Å². The van der Waals surface area contributed by atoms with Crippen molar-refractivity contribution in [2.45, 2.75) is 24.5 Å². The van der Waals surface area contributed by atoms with Crippen molar-refractivity contribution < 1.29 is 34.4 Å². The largest absolute Gasteiger partial charge is 0.491 e. The molecule has 0 spiro atoms. The molecule has 1 aromatic carbocycles. The molecule has 7 nitrogen and oxygen atoms in total. The minimum absolute atomic E-state index is 0.0413. The van der Waals surface area contributed by atoms with E-state index in [2.05, 4.69) is 0 Å². The Labute approximate surface area is 120 Å². The normalized spacial score (nSPS) is 18.4. The smallest absolute Gasteiger partial charge is 0.352 e. The minimum atomic E-state index is -2.97. The summed E-state index contributed by atoms with van der Waals surface area (Å²) in [7, 11) is 0. The van der Waals surface area contributed by atoms with Gasteiger partial charge in [0.1, 0.15) is 12.4 Å². The average molecular weight is 296 g/mol. The van der Waals surface area contributed by atoms with Gasteiger partial charge < -0.3 is 24.8 Å². The maximum absolute atomic E-state index is 11.0. The third-order valence-corrected chi connectivity index (χ3v) is 3.35. The highest BCUT2D eigenvalue weighted by Crippen LogP contribution is 2.25. The maximum atomic E-state index is 11.0. The van der Waals surface area contributed by atoms with Gasteiger partial charge in [0.05, 0.1) is 6.10 Å². The first-order chi connectivity index (χ1) is 9.94. The fourth-order valence-corrected chi connectivity index (χ4v) is 2.10. The lowest BCUT2D eigenvalue weighted by Crippen LogP contribution is -2.43. The molecule has 0 amide bonds. The highest BCUT2D eigenvalue weighted by Gasteiger charge is 2.46. The summed E-state index contributed by atoms with van der Waals surface area (Å²) in [6, 6.07) is 5.27. The van der Waals surface area contributed by atoms with Crippen LogP contribution in [0.2, 0.25) is 0 Å². The van der Waals surface area contributed by atoms with Gasteiger partial charge in [-0.3, -0.25) is 0 Å². The molecule has 21 heavy (non-hydrogen) atoms. The number of carbonyl (C=O) groups is 2. The molecular weight excluding hydrogens is 280 g/mol. The Kier molecular flexibility index (Phi) is 4.44. The van der Waals surface area contributed by atoms with Gasteiger partial charge in [-0.2, -0.15) is 0 Å². The van der Waals surface area contributed by atoms with Crippen LogP contribution in [0.25, 0.3) is 0 Å². The third-order valence-electron chi connectivity index (χ3n) is 3.35. The van der Waals surface area contributed by atoms with E-state index in [4.69, 9.17) is 19.7 Å². The zero-order valence-electron chi connectivity index (χ0n) is 11.2. The van der Waals surface area contributed by atoms with Crippen LogP contribution in [0.4, 0.5) is 0 Å². The molecule has 1 saturated heterocycles. The van der Waals surface area contributed by atoms with E-state index < -0.39 is 17.5 Å². The van der Waals surface area contributed by atoms with E-state index in [1.165, 1.54) is 24.3 Å². The molecule has 0 bridgehead atoms. The molecule has 0 aliphatic carbocycles. The minimum Gasteiger partial charge on any atom is -0.491 e. The maximum Gasteiger partial charge on any atom is 0.352 e. The molecule has 1 aliphatic heterocycles. The van der Waals surface area contributed by atoms with Crippen LogP contribution in [0.15, 0.2) is 24.3 Å². The van der Waals surface area contributed by atoms with Crippen molar-refractivity contribution in [2.75, 3.05) is 13.2 Å². The van der Waals surface area contributed by atoms with Crippen molar-refractivity contribution in [3.05, 3.63) is 29.8 Å². The second-order valence-electron chi connectivity index (χ2n) is 4.79. The molecule has 2 rings (SSSR count). The van der Waals surface area contributed by atoms with Gasteiger partial charge in [0.15, 0.2) is 0 Å². The Morgan fingerprint density at radius 2 is 1.86 bits per heavy atom. The number of rotatable bonds is 6. The van der Waals surface area contributed by atoms with Crippen LogP contribution >= 0.6 is 0 Å². The highest BCUT2D eigenvalue weighted by atomic mass is 16.5. The van der Waals surface area contributed by atoms with Crippen LogP contribution in [0.1, 0.15) is 18.4 Å². The summed E-state index contributed by atoms with van der Waals surface area (Å²) >= 11 is 0. The molecule has 1 aromatic rings. The Hall–Kier alpha value is -2.12. The van der Waals surface area contributed by atoms with Crippen LogP contribution in [-0.4, -0.2) is 46.6 Å². The Balaban J connectivity index is 2.07. The predicted molar refractivity (Wildman–Crippen MR) is 70.1 cm³/mol. The molecule has 3 N–H and O–H groups in total. The van der Waals surface area contributed by atoms with Gasteiger partial charge in [-0.15, -0.1) is 0 Å². The number of carboxylic acid groups (broad SMARTS) is 2. The second kappa shape index (κ2) is 6.11. The molecule has 0 radical (unpaired) electrons. The SMILES string of the molecule is O=C(O)C(O)(C(=O)O)c1ccc(OCC2CCCO2)cc1. The van der Waals surface area contributed by atoms with Crippen molar-refractivity contribution in [1.82, 2.24) is 0 Å². The summed E-state index contributed by atoms with van der Waals surface area (Å²) in [6.45, 7) is 1.10. The van der Waals surface area contributed by atoms with E-state index in [1.54, 1.807) is 0 Å². The molecule has 1 heterocycles. The Morgan fingerprint density at radius 1 is 1.24 bits per heavy atom. The Morgan fingerprint density at radius 3 is 2.33 bits per heavy atom. The summed E-state index contributed by atoms with van der Waals surface area (Å²) in [5.74, 6) is -3.24. The summed E-state index contributed by atoms with van der Waals surface area (Å²) in [6.07, 6.45) is 1.97. The second-order valence-corrected chi connectivity index (χ2v) is 4.79. The lowest BCUT2D eigenvalue weighted by Gasteiger charge is -2.19. The molecule has 1 atom stereocenters. The van der Waals surface area contributed by atoms with Crippen molar-refractivity contribution in [1.29, 1.82) is 0 Å². The lowest BCUT2D eigenvalue weighted by atomic mass is 9.94. The molecule has 1 fully saturated rings. The molecule has 1 unspecified atom stereocenters. The van der Waals surface area contributed by atoms with Gasteiger partial charge in [0.2, 0.25) is 0 Å². The van der Waals surface area contributed by atoms with Crippen LogP contribution in [0, 0.1) is 0 Å². The first-order valence-electron chi connectivity index (χ1n) is 6.48. The highest BCUT2D eigenvalue weighted by molar-refractivity contribution is 6.02. The number of aliphatic hydroxyl groups is 1. The topological polar surface area (TPSA) is 113 Å². The van der Waals surface area contributed by atoms with Gasteiger partial charge >= 0.3 is 11.9 Å². The first kappa shape index (κ1) is 15.3. The van der Waals surface area contributed by atoms with Crippen molar-refractivity contribution in [3.63, 3.8) is 0 Å². The lowest BCUT2D eigenvalue weighted by molar-refractivity contribution is -0.177. The van der Waals surface area contributed by atoms with Crippen LogP contribution in [-0.2, 0) is 19.9 Å². The zero-order chi connectivity index (χ0) is 15.5. The predicted octanol–water partition coefficient (Wildman–Crippen LogP) is 0.601. The van der Waals surface area contributed by atoms with Gasteiger partial charge in [-0.1, -0.05) is 12.1 Å². The first-order valence-corrected chi connectivity index (χ1v) is 6.48. The van der Waals surface area contributed by atoms with E-state index in [-0.39, 0.29) is 11.7 Å². The van der Waals surface area contributed by atoms with E-state index in [0.29, 0.717) is 12.4 Å². The monoisotopic (exact) mass is 296 g/mol. The summed E-state index contributed by atoms with van der Waals surface area (Å²) in [5, 5.41) is 27.6. The molecule has 0 aromatic heterocycles. The van der Waals surface area contributed by atoms with E-state index in [9.17, 15) is 14.7 Å². The van der Waals surface area contributed by atoms with E-state index >= 15 is 0 Å². The zero-order valence-corrected chi connectivity index (χ0v) is 11.2. The van der Waals surface area contributed by atoms with Crippen molar-refractivity contribution in [2.24, 2.45) is 0 Å². The quantitative estimate of drug-likeness (QED) is 0.659. The van der Waals surface area contributed by atoms with E-state index in [1.807, 2.05) is 0 Å². The number of carboxylic acids is 2. The van der Waals surface area contributed by atoms with Gasteiger partial charge in [-0.05, 0) is 25.0 Å². The molecule has 114 valence electrons. The number of hydrogen-bond donors (Lipinski definition) is 3. The Bertz CT molecular complexity index is 503. The standard InChI is InChI=1S/C14H16O7/c15-12(16)14(19,13(17)18)9-3-5-10(6-4-9)21-8-11-2-1-7-20-11/h3-6,11,19H,1-2,7-8H2,(H,15,16)(H,17,18). The summed E-state index contributed by atoms with van der Waals surface area (Å²) < 4.78 is 10.9. The van der Waals surface area contributed by atoms with Gasteiger partial charge in [-0.25, -0.2) is 9.59 Å². The van der Waals surface area contributed by atoms with Crippen LogP contribution in [0.5, 0.6) is 5.75 Å². The van der Waals surface area contributed by atoms with Crippen LogP contribution in [0.3, 0.4) is 0 Å². The molecule has 7 heteroatoms. The van der Waals surface area contributed by atoms with Gasteiger partial charge in [0, 0.05) is 12.2 Å². The third kappa shape index (κ3) is 3.14. The summed E-state index contributed by atoms with van der Waals surface area (Å²) in [5.41, 5.74) is -3.21. The molecular formula is C14H16O7. The molecule has 1 aliphatic rings. The molecule has 0 saturated carbocycles. The van der Waals surface area contributed by atoms with E-state index in [0.717, 1.165) is 19.4 Å². The number of benzene rings is 1. The van der Waals surface area contributed by atoms with Gasteiger partial charge in [0.25, 0.3) is 5.60 Å². The number of hydrogen-bond acceptors (Lipinski definition) is 5. The number of ether oxygens (including phenoxy) is 2. The summed E-state index contributed by atoms with van der Waals surface area (Å²) in [4.78, 5) is 21.9.